The van der Waals surface area contributed by atoms with Crippen LogP contribution in [0.25, 0.3) is 22.2 Å². The molecule has 0 spiro atoms. The number of rotatable bonds is 4. The molecule has 0 aliphatic carbocycles. The van der Waals surface area contributed by atoms with Gasteiger partial charge < -0.3 is 10.1 Å². The fraction of sp³-hybridized carbons (Fsp3) is 0.150. The Bertz CT molecular complexity index is 1070. The van der Waals surface area contributed by atoms with Gasteiger partial charge in [-0.2, -0.15) is 0 Å². The minimum Gasteiger partial charge on any atom is -0.383 e. The number of carbonyl (C=O) groups excluding carboxylic acids is 1. The highest BCUT2D eigenvalue weighted by atomic mass is 32.2. The van der Waals surface area contributed by atoms with E-state index in [9.17, 15) is 4.79 Å². The summed E-state index contributed by atoms with van der Waals surface area (Å²) in [5.74, 6) is 0.560. The predicted molar refractivity (Wildman–Crippen MR) is 115 cm³/mol. The van der Waals surface area contributed by atoms with Gasteiger partial charge in [-0.1, -0.05) is 61.7 Å². The molecular weight excluding hydrogens is 375 g/mol. The molecule has 27 heavy (non-hydrogen) atoms. The molecule has 1 fully saturated rings. The molecule has 1 aliphatic heterocycles. The third-order valence-electron chi connectivity index (χ3n) is 4.61. The van der Waals surface area contributed by atoms with Crippen molar-refractivity contribution in [3.63, 3.8) is 0 Å². The lowest BCUT2D eigenvalue weighted by Gasteiger charge is -2.02. The molecule has 4 rings (SSSR count). The average Bonchev–Trinajstić information content (AvgIpc) is 3.17. The summed E-state index contributed by atoms with van der Waals surface area (Å²) in [6.45, 7) is 5.87. The van der Waals surface area contributed by atoms with Crippen molar-refractivity contribution in [1.29, 1.82) is 0 Å². The number of nitrogens with zero attached hydrogens (tertiary/aromatic N) is 3. The van der Waals surface area contributed by atoms with Crippen LogP contribution in [-0.2, 0) is 4.79 Å². The topological polar surface area (TPSA) is 73.8 Å². The Hall–Kier alpha value is -2.43. The number of carbonyl (C=O) groups is 1. The molecule has 2 N–H and O–H groups in total. The molecule has 3 aromatic rings. The van der Waals surface area contributed by atoms with E-state index in [0.29, 0.717) is 14.5 Å². The standard InChI is InChI=1S/C20H19N4OPS/c1-12-13(2)27-16(18(12)25)8-9-26-24-10-15(14-6-4-3-5-7-14)17-19(21)22-11-23-20(17)24/h3-8,10-12,26H,2,9H2,1H3,(H2,21,22,23)/b16-8-. The van der Waals surface area contributed by atoms with Gasteiger partial charge in [0.25, 0.3) is 0 Å². The minimum absolute atomic E-state index is 0.0887. The summed E-state index contributed by atoms with van der Waals surface area (Å²) in [5.41, 5.74) is 9.08. The van der Waals surface area contributed by atoms with E-state index in [0.717, 1.165) is 38.1 Å². The monoisotopic (exact) mass is 394 g/mol. The van der Waals surface area contributed by atoms with E-state index in [-0.39, 0.29) is 11.7 Å². The maximum Gasteiger partial charge on any atom is 0.176 e. The number of thioether (sulfide) groups is 1. The van der Waals surface area contributed by atoms with E-state index in [4.69, 9.17) is 5.73 Å². The molecule has 136 valence electrons. The maximum atomic E-state index is 12.2. The molecule has 5 nitrogen and oxygen atoms in total. The summed E-state index contributed by atoms with van der Waals surface area (Å²) in [6, 6.07) is 10.1. The van der Waals surface area contributed by atoms with Crippen molar-refractivity contribution in [3.05, 3.63) is 65.3 Å². The summed E-state index contributed by atoms with van der Waals surface area (Å²) < 4.78 is 2.11. The van der Waals surface area contributed by atoms with Gasteiger partial charge in [-0.3, -0.25) is 4.79 Å². The van der Waals surface area contributed by atoms with Gasteiger partial charge in [0.05, 0.1) is 16.2 Å². The van der Waals surface area contributed by atoms with Gasteiger partial charge in [0.1, 0.15) is 17.8 Å². The quantitative estimate of drug-likeness (QED) is 0.522. The van der Waals surface area contributed by atoms with Gasteiger partial charge in [0, 0.05) is 17.9 Å². The van der Waals surface area contributed by atoms with Crippen molar-refractivity contribution in [2.24, 2.45) is 5.92 Å². The smallest absolute Gasteiger partial charge is 0.176 e. The Kier molecular flexibility index (Phi) is 4.85. The summed E-state index contributed by atoms with van der Waals surface area (Å²) in [6.07, 6.45) is 6.34. The highest BCUT2D eigenvalue weighted by Crippen LogP contribution is 2.41. The van der Waals surface area contributed by atoms with Crippen LogP contribution >= 0.6 is 20.5 Å². The molecule has 3 heterocycles. The highest BCUT2D eigenvalue weighted by molar-refractivity contribution is 8.08. The van der Waals surface area contributed by atoms with E-state index in [1.54, 1.807) is 0 Å². The number of hydrogen-bond donors (Lipinski definition) is 1. The minimum atomic E-state index is -0.0887. The first-order valence-electron chi connectivity index (χ1n) is 8.58. The molecule has 2 aromatic heterocycles. The number of Topliss-reactive ketones (excluding diaryl/α,β-unsaturated/α-hetero) is 1. The van der Waals surface area contributed by atoms with Crippen LogP contribution in [0.5, 0.6) is 0 Å². The summed E-state index contributed by atoms with van der Waals surface area (Å²) in [5, 5.41) is 0.872. The second-order valence-corrected chi connectivity index (χ2v) is 8.70. The lowest BCUT2D eigenvalue weighted by atomic mass is 10.1. The molecule has 2 atom stereocenters. The SMILES string of the molecule is C=C1S/C(=C\CPn2cc(-c3ccccc3)c3c(N)ncnc32)C(=O)C1C. The Balaban J connectivity index is 1.66. The molecule has 1 aliphatic rings. The highest BCUT2D eigenvalue weighted by Gasteiger charge is 2.29. The van der Waals surface area contributed by atoms with Crippen molar-refractivity contribution in [3.8, 4) is 11.1 Å². The lowest BCUT2D eigenvalue weighted by Crippen LogP contribution is -2.03. The summed E-state index contributed by atoms with van der Waals surface area (Å²) in [4.78, 5) is 22.6. The number of ketones is 1. The Morgan fingerprint density at radius 1 is 1.33 bits per heavy atom. The lowest BCUT2D eigenvalue weighted by molar-refractivity contribution is -0.116. The Morgan fingerprint density at radius 3 is 2.81 bits per heavy atom. The molecule has 0 amide bonds. The van der Waals surface area contributed by atoms with E-state index >= 15 is 0 Å². The number of allylic oxidation sites excluding steroid dienone is 3. The second-order valence-electron chi connectivity index (χ2n) is 6.32. The molecular formula is C20H19N4OPS. The van der Waals surface area contributed by atoms with Gasteiger partial charge in [0.15, 0.2) is 5.78 Å². The molecule has 1 saturated heterocycles. The second kappa shape index (κ2) is 7.29. The number of nitrogens with two attached hydrogens (primary N) is 1. The van der Waals surface area contributed by atoms with Gasteiger partial charge >= 0.3 is 0 Å². The van der Waals surface area contributed by atoms with Gasteiger partial charge in [-0.25, -0.2) is 9.97 Å². The van der Waals surface area contributed by atoms with Crippen LogP contribution in [-0.4, -0.2) is 26.3 Å². The first kappa shape index (κ1) is 18.0. The number of hydrogen-bond acceptors (Lipinski definition) is 5. The summed E-state index contributed by atoms with van der Waals surface area (Å²) >= 11 is 1.49. The van der Waals surface area contributed by atoms with Crippen LogP contribution in [0.1, 0.15) is 6.92 Å². The zero-order valence-electron chi connectivity index (χ0n) is 14.8. The number of nitrogen functional groups attached to an aromatic ring is 1. The van der Waals surface area contributed by atoms with E-state index in [1.165, 1.54) is 18.1 Å². The van der Waals surface area contributed by atoms with E-state index in [2.05, 4.69) is 39.2 Å². The van der Waals surface area contributed by atoms with Crippen molar-refractivity contribution in [2.75, 3.05) is 11.9 Å². The molecule has 2 unspecified atom stereocenters. The van der Waals surface area contributed by atoms with Crippen molar-refractivity contribution < 1.29 is 4.79 Å². The van der Waals surface area contributed by atoms with Crippen LogP contribution in [0.15, 0.2) is 65.3 Å². The molecule has 0 bridgehead atoms. The molecule has 0 saturated carbocycles. The number of fused-ring (bicyclic) bond motifs is 1. The predicted octanol–water partition coefficient (Wildman–Crippen LogP) is 4.47. The molecule has 0 radical (unpaired) electrons. The van der Waals surface area contributed by atoms with Crippen LogP contribution in [0, 0.1) is 5.92 Å². The van der Waals surface area contributed by atoms with Crippen LogP contribution < -0.4 is 5.73 Å². The fourth-order valence-electron chi connectivity index (χ4n) is 3.06. The normalized spacial score (nSPS) is 19.1. The Labute approximate surface area is 163 Å². The maximum absolute atomic E-state index is 12.2. The third kappa shape index (κ3) is 3.31. The first-order chi connectivity index (χ1) is 13.1. The average molecular weight is 394 g/mol. The van der Waals surface area contributed by atoms with E-state index < -0.39 is 0 Å². The van der Waals surface area contributed by atoms with Crippen molar-refractivity contribution >= 4 is 43.1 Å². The molecule has 7 heteroatoms. The van der Waals surface area contributed by atoms with Crippen molar-refractivity contribution in [2.45, 2.75) is 6.92 Å². The van der Waals surface area contributed by atoms with Crippen molar-refractivity contribution in [1.82, 2.24) is 14.3 Å². The van der Waals surface area contributed by atoms with Crippen LogP contribution in [0.3, 0.4) is 0 Å². The Morgan fingerprint density at radius 2 is 2.11 bits per heavy atom. The van der Waals surface area contributed by atoms with Crippen LogP contribution in [0.2, 0.25) is 0 Å². The zero-order chi connectivity index (χ0) is 19.0. The fourth-order valence-corrected chi connectivity index (χ4v) is 5.25. The van der Waals surface area contributed by atoms with Gasteiger partial charge in [-0.05, 0) is 19.2 Å². The summed E-state index contributed by atoms with van der Waals surface area (Å²) in [7, 11) is 0.420. The van der Waals surface area contributed by atoms with Crippen LogP contribution in [0.4, 0.5) is 5.82 Å². The largest absolute Gasteiger partial charge is 0.383 e. The third-order valence-corrected chi connectivity index (χ3v) is 6.88. The number of anilines is 1. The number of aromatic nitrogens is 3. The molecule has 1 aromatic carbocycles. The zero-order valence-corrected chi connectivity index (χ0v) is 16.7. The first-order valence-corrected chi connectivity index (χ1v) is 10.5. The van der Waals surface area contributed by atoms with Gasteiger partial charge in [-0.15, -0.1) is 0 Å². The van der Waals surface area contributed by atoms with Gasteiger partial charge in [0.2, 0.25) is 0 Å². The van der Waals surface area contributed by atoms with E-state index in [1.807, 2.05) is 31.2 Å². The number of benzene rings is 1.